The SMILES string of the molecule is CC(Cl)(Cl)c1cc(-c2ccccc2)ccc1O. The van der Waals surface area contributed by atoms with Gasteiger partial charge in [-0.1, -0.05) is 59.6 Å². The Hall–Kier alpha value is -1.18. The molecule has 2 aromatic rings. The van der Waals surface area contributed by atoms with Crippen molar-refractivity contribution >= 4 is 23.2 Å². The highest BCUT2D eigenvalue weighted by Gasteiger charge is 2.23. The first-order chi connectivity index (χ1) is 7.98. The quantitative estimate of drug-likeness (QED) is 0.781. The molecule has 17 heavy (non-hydrogen) atoms. The van der Waals surface area contributed by atoms with Crippen LogP contribution in [0.2, 0.25) is 0 Å². The number of rotatable bonds is 2. The van der Waals surface area contributed by atoms with E-state index in [1.54, 1.807) is 13.0 Å². The molecule has 0 aliphatic carbocycles. The summed E-state index contributed by atoms with van der Waals surface area (Å²) in [5.74, 6) is 0.109. The maximum Gasteiger partial charge on any atom is 0.143 e. The molecule has 0 amide bonds. The van der Waals surface area contributed by atoms with E-state index in [1.165, 1.54) is 0 Å². The summed E-state index contributed by atoms with van der Waals surface area (Å²) in [5.41, 5.74) is 2.56. The molecule has 0 atom stereocenters. The summed E-state index contributed by atoms with van der Waals surface area (Å²) in [7, 11) is 0. The monoisotopic (exact) mass is 266 g/mol. The Morgan fingerprint density at radius 1 is 0.941 bits per heavy atom. The van der Waals surface area contributed by atoms with Crippen LogP contribution in [0.3, 0.4) is 0 Å². The van der Waals surface area contributed by atoms with E-state index in [-0.39, 0.29) is 5.75 Å². The van der Waals surface area contributed by atoms with E-state index in [2.05, 4.69) is 0 Å². The second kappa shape index (κ2) is 4.59. The zero-order valence-corrected chi connectivity index (χ0v) is 10.8. The van der Waals surface area contributed by atoms with Gasteiger partial charge >= 0.3 is 0 Å². The number of aromatic hydroxyl groups is 1. The Balaban J connectivity index is 2.53. The molecular formula is C14H12Cl2O. The highest BCUT2D eigenvalue weighted by molar-refractivity contribution is 6.47. The number of halogens is 2. The molecule has 0 unspecified atom stereocenters. The molecule has 0 saturated carbocycles. The molecule has 2 rings (SSSR count). The maximum atomic E-state index is 9.75. The topological polar surface area (TPSA) is 20.2 Å². The Bertz CT molecular complexity index is 515. The summed E-state index contributed by atoms with van der Waals surface area (Å²) < 4.78 is -1.10. The van der Waals surface area contributed by atoms with Crippen LogP contribution < -0.4 is 0 Å². The molecule has 0 radical (unpaired) electrons. The molecule has 2 aromatic carbocycles. The molecule has 0 bridgehead atoms. The van der Waals surface area contributed by atoms with Gasteiger partial charge in [0.05, 0.1) is 0 Å². The van der Waals surface area contributed by atoms with E-state index in [9.17, 15) is 5.11 Å². The number of benzene rings is 2. The van der Waals surface area contributed by atoms with Crippen molar-refractivity contribution in [3.63, 3.8) is 0 Å². The van der Waals surface area contributed by atoms with Crippen LogP contribution in [0.1, 0.15) is 12.5 Å². The summed E-state index contributed by atoms with van der Waals surface area (Å²) in [6.45, 7) is 1.64. The maximum absolute atomic E-state index is 9.75. The number of hydrogen-bond acceptors (Lipinski definition) is 1. The van der Waals surface area contributed by atoms with Crippen LogP contribution in [-0.4, -0.2) is 5.11 Å². The van der Waals surface area contributed by atoms with Gasteiger partial charge in [-0.05, 0) is 30.2 Å². The van der Waals surface area contributed by atoms with Gasteiger partial charge in [0.15, 0.2) is 0 Å². The fourth-order valence-electron chi connectivity index (χ4n) is 1.70. The van der Waals surface area contributed by atoms with Crippen LogP contribution in [0.4, 0.5) is 0 Å². The van der Waals surface area contributed by atoms with Gasteiger partial charge in [-0.15, -0.1) is 0 Å². The standard InChI is InChI=1S/C14H12Cl2O/c1-14(15,16)12-9-11(7-8-13(12)17)10-5-3-2-4-6-10/h2-9,17H,1H3. The number of phenolic OH excluding ortho intramolecular Hbond substituents is 1. The fourth-order valence-corrected chi connectivity index (χ4v) is 2.00. The summed E-state index contributed by atoms with van der Waals surface area (Å²) >= 11 is 12.1. The van der Waals surface area contributed by atoms with E-state index in [0.29, 0.717) is 5.56 Å². The van der Waals surface area contributed by atoms with Crippen molar-refractivity contribution in [2.24, 2.45) is 0 Å². The third-order valence-corrected chi connectivity index (χ3v) is 2.98. The lowest BCUT2D eigenvalue weighted by Crippen LogP contribution is -2.04. The number of hydrogen-bond donors (Lipinski definition) is 1. The van der Waals surface area contributed by atoms with Crippen LogP contribution in [0, 0.1) is 0 Å². The van der Waals surface area contributed by atoms with E-state index in [4.69, 9.17) is 23.2 Å². The van der Waals surface area contributed by atoms with Gasteiger partial charge in [0, 0.05) is 5.56 Å². The Morgan fingerprint density at radius 3 is 2.18 bits per heavy atom. The van der Waals surface area contributed by atoms with Crippen molar-refractivity contribution in [3.05, 3.63) is 54.1 Å². The lowest BCUT2D eigenvalue weighted by atomic mass is 10.0. The average Bonchev–Trinajstić information content (AvgIpc) is 2.29. The molecule has 1 nitrogen and oxygen atoms in total. The van der Waals surface area contributed by atoms with Gasteiger partial charge in [0.25, 0.3) is 0 Å². The molecule has 0 aliphatic rings. The summed E-state index contributed by atoms with van der Waals surface area (Å²) in [4.78, 5) is 0. The van der Waals surface area contributed by atoms with Crippen LogP contribution in [-0.2, 0) is 4.33 Å². The lowest BCUT2D eigenvalue weighted by Gasteiger charge is -2.16. The van der Waals surface area contributed by atoms with E-state index in [0.717, 1.165) is 11.1 Å². The normalized spacial score (nSPS) is 11.5. The van der Waals surface area contributed by atoms with Crippen LogP contribution in [0.5, 0.6) is 5.75 Å². The van der Waals surface area contributed by atoms with E-state index in [1.807, 2.05) is 42.5 Å². The first-order valence-corrected chi connectivity index (χ1v) is 6.01. The molecule has 0 fully saturated rings. The predicted molar refractivity (Wildman–Crippen MR) is 72.6 cm³/mol. The summed E-state index contributed by atoms with van der Waals surface area (Å²) in [5, 5.41) is 9.75. The highest BCUT2D eigenvalue weighted by Crippen LogP contribution is 2.40. The predicted octanol–water partition coefficient (Wildman–Crippen LogP) is 4.71. The third kappa shape index (κ3) is 2.74. The van der Waals surface area contributed by atoms with Gasteiger partial charge in [-0.3, -0.25) is 0 Å². The van der Waals surface area contributed by atoms with Crippen LogP contribution in [0.25, 0.3) is 11.1 Å². The van der Waals surface area contributed by atoms with Crippen molar-refractivity contribution in [3.8, 4) is 16.9 Å². The van der Waals surface area contributed by atoms with Gasteiger partial charge in [0.2, 0.25) is 0 Å². The zero-order chi connectivity index (χ0) is 12.5. The minimum absolute atomic E-state index is 0.109. The number of phenols is 1. The Kier molecular flexibility index (Phi) is 3.32. The molecule has 1 N–H and O–H groups in total. The summed E-state index contributed by atoms with van der Waals surface area (Å²) in [6.07, 6.45) is 0. The molecule has 0 heterocycles. The smallest absolute Gasteiger partial charge is 0.143 e. The molecule has 88 valence electrons. The van der Waals surface area contributed by atoms with Crippen molar-refractivity contribution in [1.29, 1.82) is 0 Å². The average molecular weight is 267 g/mol. The van der Waals surface area contributed by atoms with Gasteiger partial charge < -0.3 is 5.11 Å². The molecular weight excluding hydrogens is 255 g/mol. The van der Waals surface area contributed by atoms with E-state index >= 15 is 0 Å². The minimum atomic E-state index is -1.10. The molecule has 0 saturated heterocycles. The minimum Gasteiger partial charge on any atom is -0.508 e. The van der Waals surface area contributed by atoms with Gasteiger partial charge in [0.1, 0.15) is 10.1 Å². The van der Waals surface area contributed by atoms with Crippen molar-refractivity contribution in [2.75, 3.05) is 0 Å². The highest BCUT2D eigenvalue weighted by atomic mass is 35.5. The van der Waals surface area contributed by atoms with Crippen molar-refractivity contribution in [2.45, 2.75) is 11.3 Å². The van der Waals surface area contributed by atoms with Crippen molar-refractivity contribution in [1.82, 2.24) is 0 Å². The first kappa shape index (κ1) is 12.3. The van der Waals surface area contributed by atoms with Crippen LogP contribution in [0.15, 0.2) is 48.5 Å². The van der Waals surface area contributed by atoms with Gasteiger partial charge in [-0.25, -0.2) is 0 Å². The van der Waals surface area contributed by atoms with Crippen LogP contribution >= 0.6 is 23.2 Å². The Morgan fingerprint density at radius 2 is 1.59 bits per heavy atom. The third-order valence-electron chi connectivity index (χ3n) is 2.58. The molecule has 0 aliphatic heterocycles. The first-order valence-electron chi connectivity index (χ1n) is 5.25. The molecule has 3 heteroatoms. The van der Waals surface area contributed by atoms with E-state index < -0.39 is 4.33 Å². The second-order valence-corrected chi connectivity index (χ2v) is 5.69. The number of alkyl halides is 2. The molecule has 0 aromatic heterocycles. The second-order valence-electron chi connectivity index (χ2n) is 3.99. The Labute approximate surface area is 111 Å². The molecule has 0 spiro atoms. The summed E-state index contributed by atoms with van der Waals surface area (Å²) in [6, 6.07) is 15.1. The van der Waals surface area contributed by atoms with Gasteiger partial charge in [-0.2, -0.15) is 0 Å². The zero-order valence-electron chi connectivity index (χ0n) is 9.32. The largest absolute Gasteiger partial charge is 0.508 e. The fraction of sp³-hybridized carbons (Fsp3) is 0.143. The lowest BCUT2D eigenvalue weighted by molar-refractivity contribution is 0.466. The van der Waals surface area contributed by atoms with Crippen molar-refractivity contribution < 1.29 is 5.11 Å².